The van der Waals surface area contributed by atoms with Crippen LogP contribution < -0.4 is 5.73 Å². The van der Waals surface area contributed by atoms with Crippen molar-refractivity contribution in [3.05, 3.63) is 41.8 Å². The zero-order chi connectivity index (χ0) is 21.9. The third-order valence-electron chi connectivity index (χ3n) is 5.88. The van der Waals surface area contributed by atoms with Crippen LogP contribution in [0.1, 0.15) is 24.8 Å². The van der Waals surface area contributed by atoms with Gasteiger partial charge in [-0.05, 0) is 43.1 Å². The van der Waals surface area contributed by atoms with Crippen LogP contribution in [0.4, 0.5) is 4.39 Å². The zero-order valence-corrected chi connectivity index (χ0v) is 17.9. The number of carbonyl (C=O) groups is 1. The number of rotatable bonds is 8. The molecule has 0 amide bonds. The van der Waals surface area contributed by atoms with E-state index >= 15 is 0 Å². The van der Waals surface area contributed by atoms with Crippen molar-refractivity contribution in [3.63, 3.8) is 0 Å². The Morgan fingerprint density at radius 1 is 1.37 bits per heavy atom. The lowest BCUT2D eigenvalue weighted by Gasteiger charge is -2.43. The largest absolute Gasteiger partial charge is 0.480 e. The number of hydrogen-bond donors (Lipinski definition) is 3. The summed E-state index contributed by atoms with van der Waals surface area (Å²) in [6, 6.07) is 6.24. The van der Waals surface area contributed by atoms with Gasteiger partial charge in [0.25, 0.3) is 0 Å². The van der Waals surface area contributed by atoms with Crippen LogP contribution in [-0.4, -0.2) is 61.6 Å². The van der Waals surface area contributed by atoms with Crippen LogP contribution in [0.25, 0.3) is 11.3 Å². The standard InChI is InChI=1S/C20H28FN4O4P/c1-24-18(6-9-23-24)17-12-16(21)5-4-15(17)13-25-10-11-30(28,29)20(14-25,19(26)27)7-2-3-8-22/h4-6,9,12H,2-3,7-8,10-11,13-14,22H2,1H3,(H,26,27)(H,28,29)/t20-/m0/s1. The molecule has 3 rings (SSSR count). The van der Waals surface area contributed by atoms with Crippen molar-refractivity contribution in [2.75, 3.05) is 25.8 Å². The fourth-order valence-electron chi connectivity index (χ4n) is 4.13. The molecule has 2 aromatic rings. The second-order valence-electron chi connectivity index (χ2n) is 7.86. The Hall–Kier alpha value is -2.06. The number of hydrogen-bond acceptors (Lipinski definition) is 5. The van der Waals surface area contributed by atoms with Crippen LogP contribution in [0.3, 0.4) is 0 Å². The number of aromatic nitrogens is 2. The van der Waals surface area contributed by atoms with Crippen LogP contribution in [-0.2, 0) is 23.0 Å². The molecule has 0 spiro atoms. The Balaban J connectivity index is 1.90. The first-order valence-electron chi connectivity index (χ1n) is 9.95. The highest BCUT2D eigenvalue weighted by Crippen LogP contribution is 2.59. The van der Waals surface area contributed by atoms with Gasteiger partial charge in [-0.15, -0.1) is 0 Å². The summed E-state index contributed by atoms with van der Waals surface area (Å²) in [6.07, 6.45) is 2.70. The average molecular weight is 438 g/mol. The number of carboxylic acid groups (broad SMARTS) is 1. The van der Waals surface area contributed by atoms with Crippen LogP contribution in [0.15, 0.2) is 30.5 Å². The SMILES string of the molecule is Cn1nccc1-c1cc(F)ccc1CN1CCP(=O)(O)[C@](CCCCN)(C(=O)O)C1. The molecule has 1 unspecified atom stereocenters. The van der Waals surface area contributed by atoms with Crippen molar-refractivity contribution in [1.82, 2.24) is 14.7 Å². The van der Waals surface area contributed by atoms with Crippen molar-refractivity contribution < 1.29 is 23.7 Å². The summed E-state index contributed by atoms with van der Waals surface area (Å²) in [5.41, 5.74) is 7.72. The maximum absolute atomic E-state index is 14.0. The molecule has 2 atom stereocenters. The third-order valence-corrected chi connectivity index (χ3v) is 8.58. The van der Waals surface area contributed by atoms with Crippen molar-refractivity contribution in [1.29, 1.82) is 0 Å². The van der Waals surface area contributed by atoms with Gasteiger partial charge in [0.2, 0.25) is 7.37 Å². The smallest absolute Gasteiger partial charge is 0.320 e. The number of nitrogens with two attached hydrogens (primary N) is 1. The van der Waals surface area contributed by atoms with E-state index in [0.29, 0.717) is 38.0 Å². The Bertz CT molecular complexity index is 966. The van der Waals surface area contributed by atoms with Gasteiger partial charge in [-0.3, -0.25) is 18.9 Å². The summed E-state index contributed by atoms with van der Waals surface area (Å²) in [5.74, 6) is -1.63. The third kappa shape index (κ3) is 4.34. The lowest BCUT2D eigenvalue weighted by molar-refractivity contribution is -0.141. The second-order valence-corrected chi connectivity index (χ2v) is 10.6. The van der Waals surface area contributed by atoms with Gasteiger partial charge in [0.15, 0.2) is 5.16 Å². The molecule has 10 heteroatoms. The number of unbranched alkanes of at least 4 members (excludes halogenated alkanes) is 1. The molecule has 30 heavy (non-hydrogen) atoms. The van der Waals surface area contributed by atoms with Gasteiger partial charge in [-0.2, -0.15) is 5.10 Å². The van der Waals surface area contributed by atoms with Crippen molar-refractivity contribution in [2.45, 2.75) is 31.0 Å². The van der Waals surface area contributed by atoms with E-state index in [1.54, 1.807) is 30.1 Å². The predicted molar refractivity (Wildman–Crippen MR) is 112 cm³/mol. The molecule has 1 aliphatic heterocycles. The second kappa shape index (κ2) is 8.98. The van der Waals surface area contributed by atoms with Gasteiger partial charge in [-0.25, -0.2) is 4.39 Å². The normalized spacial score (nSPS) is 24.8. The highest BCUT2D eigenvalue weighted by atomic mass is 31.2. The molecule has 1 saturated heterocycles. The number of benzene rings is 1. The van der Waals surface area contributed by atoms with E-state index in [9.17, 15) is 23.7 Å². The molecule has 0 saturated carbocycles. The molecular weight excluding hydrogens is 410 g/mol. The maximum atomic E-state index is 14.0. The van der Waals surface area contributed by atoms with E-state index < -0.39 is 18.5 Å². The molecule has 0 radical (unpaired) electrons. The van der Waals surface area contributed by atoms with Crippen molar-refractivity contribution in [2.24, 2.45) is 12.8 Å². The van der Waals surface area contributed by atoms with E-state index in [1.165, 1.54) is 12.1 Å². The molecule has 164 valence electrons. The van der Waals surface area contributed by atoms with Gasteiger partial charge >= 0.3 is 5.97 Å². The van der Waals surface area contributed by atoms with Gasteiger partial charge in [0.1, 0.15) is 5.82 Å². The number of nitrogens with zero attached hydrogens (tertiary/aromatic N) is 3. The highest BCUT2D eigenvalue weighted by molar-refractivity contribution is 7.61. The first-order valence-corrected chi connectivity index (χ1v) is 11.8. The van der Waals surface area contributed by atoms with Crippen molar-refractivity contribution >= 4 is 13.3 Å². The maximum Gasteiger partial charge on any atom is 0.320 e. The monoisotopic (exact) mass is 438 g/mol. The minimum absolute atomic E-state index is 0.0388. The fraction of sp³-hybridized carbons (Fsp3) is 0.500. The molecular formula is C20H28FN4O4P. The lowest BCUT2D eigenvalue weighted by Crippen LogP contribution is -2.53. The molecule has 0 aliphatic carbocycles. The van der Waals surface area contributed by atoms with Crippen molar-refractivity contribution in [3.8, 4) is 11.3 Å². The van der Waals surface area contributed by atoms with E-state index in [4.69, 9.17) is 5.73 Å². The average Bonchev–Trinajstić information content (AvgIpc) is 3.11. The minimum atomic E-state index is -3.90. The quantitative estimate of drug-likeness (QED) is 0.427. The summed E-state index contributed by atoms with van der Waals surface area (Å²) < 4.78 is 28.5. The minimum Gasteiger partial charge on any atom is -0.480 e. The topological polar surface area (TPSA) is 122 Å². The summed E-state index contributed by atoms with van der Waals surface area (Å²) in [4.78, 5) is 24.6. The van der Waals surface area contributed by atoms with Gasteiger partial charge < -0.3 is 15.7 Å². The number of carboxylic acids is 1. The Kier molecular flexibility index (Phi) is 6.77. The molecule has 1 aliphatic rings. The fourth-order valence-corrected chi connectivity index (χ4v) is 6.34. The molecule has 8 nitrogen and oxygen atoms in total. The number of halogens is 1. The Morgan fingerprint density at radius 3 is 2.77 bits per heavy atom. The number of aryl methyl sites for hydroxylation is 1. The van der Waals surface area contributed by atoms with E-state index in [-0.39, 0.29) is 24.9 Å². The summed E-state index contributed by atoms with van der Waals surface area (Å²) in [5, 5.41) is 12.4. The summed E-state index contributed by atoms with van der Waals surface area (Å²) in [6.45, 7) is 0.996. The van der Waals surface area contributed by atoms with E-state index in [1.807, 2.05) is 4.90 Å². The predicted octanol–water partition coefficient (Wildman–Crippen LogP) is 2.26. The van der Waals surface area contributed by atoms with E-state index in [2.05, 4.69) is 5.10 Å². The van der Waals surface area contributed by atoms with Crippen LogP contribution >= 0.6 is 7.37 Å². The molecule has 1 aromatic heterocycles. The molecule has 4 N–H and O–H groups in total. The summed E-state index contributed by atoms with van der Waals surface area (Å²) in [7, 11) is -2.13. The number of aliphatic carboxylic acids is 1. The highest BCUT2D eigenvalue weighted by Gasteiger charge is 2.56. The Morgan fingerprint density at radius 2 is 2.13 bits per heavy atom. The van der Waals surface area contributed by atoms with Gasteiger partial charge in [-0.1, -0.05) is 12.5 Å². The van der Waals surface area contributed by atoms with Gasteiger partial charge in [0.05, 0.1) is 5.69 Å². The first kappa shape index (κ1) is 22.6. The molecule has 1 aromatic carbocycles. The Labute approximate surface area is 174 Å². The van der Waals surface area contributed by atoms with Crippen LogP contribution in [0, 0.1) is 5.82 Å². The molecule has 2 heterocycles. The van der Waals surface area contributed by atoms with Gasteiger partial charge in [0, 0.05) is 44.6 Å². The molecule has 1 fully saturated rings. The molecule has 0 bridgehead atoms. The van der Waals surface area contributed by atoms with Crippen LogP contribution in [0.2, 0.25) is 0 Å². The van der Waals surface area contributed by atoms with E-state index in [0.717, 1.165) is 11.3 Å². The van der Waals surface area contributed by atoms with Crippen LogP contribution in [0.5, 0.6) is 0 Å². The zero-order valence-electron chi connectivity index (χ0n) is 17.0. The lowest BCUT2D eigenvalue weighted by atomic mass is 9.98. The summed E-state index contributed by atoms with van der Waals surface area (Å²) >= 11 is 0. The first-order chi connectivity index (χ1) is 14.2.